The largest absolute Gasteiger partial charge is 0.493 e. The molecular weight excluding hydrogens is 362 g/mol. The van der Waals surface area contributed by atoms with Crippen LogP contribution in [0.25, 0.3) is 22.2 Å². The normalized spacial score (nSPS) is 10.6. The molecule has 0 aliphatic rings. The zero-order valence-corrected chi connectivity index (χ0v) is 15.8. The lowest BCUT2D eigenvalue weighted by Gasteiger charge is -2.13. The van der Waals surface area contributed by atoms with Gasteiger partial charge in [-0.3, -0.25) is 0 Å². The van der Waals surface area contributed by atoms with Crippen molar-refractivity contribution >= 4 is 28.5 Å². The molecule has 2 aromatic carbocycles. The molecule has 138 valence electrons. The van der Waals surface area contributed by atoms with Gasteiger partial charge < -0.3 is 15.2 Å². The first-order valence-electron chi connectivity index (χ1n) is 8.60. The lowest BCUT2D eigenvalue weighted by Crippen LogP contribution is -2.01. The second kappa shape index (κ2) is 8.61. The number of hydrogen-bond donors (Lipinski definition) is 1. The molecule has 0 saturated carbocycles. The quantitative estimate of drug-likeness (QED) is 0.473. The second-order valence-corrected chi connectivity index (χ2v) is 6.40. The number of hydrogen-bond acceptors (Lipinski definition) is 5. The summed E-state index contributed by atoms with van der Waals surface area (Å²) in [6.07, 6.45) is 7.81. The maximum Gasteiger partial charge on any atom is 0.221 e. The van der Waals surface area contributed by atoms with Gasteiger partial charge in [-0.15, -0.1) is 12.3 Å². The van der Waals surface area contributed by atoms with E-state index in [1.54, 1.807) is 13.2 Å². The number of ether oxygens (including phenoxy) is 2. The minimum Gasteiger partial charge on any atom is -0.493 e. The van der Waals surface area contributed by atoms with Crippen LogP contribution in [0.5, 0.6) is 11.5 Å². The number of aromatic nitrogens is 2. The van der Waals surface area contributed by atoms with E-state index in [4.69, 9.17) is 33.2 Å². The van der Waals surface area contributed by atoms with Gasteiger partial charge in [0.1, 0.15) is 0 Å². The summed E-state index contributed by atoms with van der Waals surface area (Å²) in [6.45, 7) is 0.556. The second-order valence-electron chi connectivity index (χ2n) is 5.97. The number of benzene rings is 2. The van der Waals surface area contributed by atoms with Crippen LogP contribution >= 0.6 is 11.6 Å². The van der Waals surface area contributed by atoms with Crippen molar-refractivity contribution in [3.05, 3.63) is 41.4 Å². The van der Waals surface area contributed by atoms with Crippen molar-refractivity contribution in [2.45, 2.75) is 19.3 Å². The molecule has 0 spiro atoms. The summed E-state index contributed by atoms with van der Waals surface area (Å²) in [5, 5.41) is 1.43. The Bertz CT molecular complexity index is 999. The first kappa shape index (κ1) is 18.8. The van der Waals surface area contributed by atoms with Crippen LogP contribution in [0.1, 0.15) is 19.3 Å². The average Bonchev–Trinajstić information content (AvgIpc) is 2.67. The van der Waals surface area contributed by atoms with Crippen LogP contribution in [-0.4, -0.2) is 23.7 Å². The number of terminal acetylenes is 1. The third-order valence-corrected chi connectivity index (χ3v) is 4.32. The number of fused-ring (bicyclic) bond motifs is 1. The SMILES string of the molecule is C#CCCCCOc1cc(-c2nc(N)nc3ccc(Cl)cc23)ccc1OC. The van der Waals surface area contributed by atoms with Gasteiger partial charge in [0.15, 0.2) is 11.5 Å². The van der Waals surface area contributed by atoms with Gasteiger partial charge in [0.05, 0.1) is 24.9 Å². The number of unbranched alkanes of at least 4 members (excludes halogenated alkanes) is 2. The molecule has 2 N–H and O–H groups in total. The molecule has 3 rings (SSSR count). The Kier molecular flexibility index (Phi) is 6.00. The van der Waals surface area contributed by atoms with Gasteiger partial charge in [-0.1, -0.05) is 11.6 Å². The van der Waals surface area contributed by atoms with Crippen LogP contribution in [0.2, 0.25) is 5.02 Å². The van der Waals surface area contributed by atoms with Gasteiger partial charge in [-0.05, 0) is 49.2 Å². The first-order chi connectivity index (χ1) is 13.1. The maximum atomic E-state index is 6.16. The zero-order valence-electron chi connectivity index (χ0n) is 15.0. The molecule has 0 unspecified atom stereocenters. The summed E-state index contributed by atoms with van der Waals surface area (Å²) in [6, 6.07) is 11.1. The molecular formula is C21H20ClN3O2. The number of rotatable bonds is 7. The van der Waals surface area contributed by atoms with Crippen molar-refractivity contribution in [3.63, 3.8) is 0 Å². The van der Waals surface area contributed by atoms with Crippen molar-refractivity contribution in [2.75, 3.05) is 19.5 Å². The number of halogens is 1. The lowest BCUT2D eigenvalue weighted by atomic mass is 10.1. The van der Waals surface area contributed by atoms with Crippen LogP contribution in [0.4, 0.5) is 5.95 Å². The molecule has 3 aromatic rings. The summed E-state index contributed by atoms with van der Waals surface area (Å²) in [4.78, 5) is 8.69. The minimum absolute atomic E-state index is 0.201. The van der Waals surface area contributed by atoms with E-state index in [0.717, 1.165) is 35.7 Å². The summed E-state index contributed by atoms with van der Waals surface area (Å²) >= 11 is 6.16. The Morgan fingerprint density at radius 1 is 1.11 bits per heavy atom. The third-order valence-electron chi connectivity index (χ3n) is 4.09. The molecule has 0 saturated heterocycles. The fourth-order valence-corrected chi connectivity index (χ4v) is 2.96. The number of methoxy groups -OCH3 is 1. The predicted octanol–water partition coefficient (Wildman–Crippen LogP) is 4.72. The van der Waals surface area contributed by atoms with E-state index >= 15 is 0 Å². The van der Waals surface area contributed by atoms with Crippen molar-refractivity contribution in [2.24, 2.45) is 0 Å². The molecule has 27 heavy (non-hydrogen) atoms. The Morgan fingerprint density at radius 2 is 1.96 bits per heavy atom. The molecule has 5 nitrogen and oxygen atoms in total. The molecule has 6 heteroatoms. The Hall–Kier alpha value is -2.97. The Balaban J connectivity index is 1.97. The van der Waals surface area contributed by atoms with Crippen LogP contribution < -0.4 is 15.2 Å². The number of nitrogens with zero attached hydrogens (tertiary/aromatic N) is 2. The summed E-state index contributed by atoms with van der Waals surface area (Å²) < 4.78 is 11.3. The first-order valence-corrected chi connectivity index (χ1v) is 8.97. The fourth-order valence-electron chi connectivity index (χ4n) is 2.79. The van der Waals surface area contributed by atoms with Crippen LogP contribution in [-0.2, 0) is 0 Å². The number of nitrogens with two attached hydrogens (primary N) is 1. The number of nitrogen functional groups attached to an aromatic ring is 1. The van der Waals surface area contributed by atoms with E-state index < -0.39 is 0 Å². The highest BCUT2D eigenvalue weighted by Gasteiger charge is 2.13. The molecule has 0 aliphatic carbocycles. The molecule has 0 amide bonds. The summed E-state index contributed by atoms with van der Waals surface area (Å²) in [5.41, 5.74) is 8.16. The Labute approximate surface area is 163 Å². The molecule has 1 aromatic heterocycles. The van der Waals surface area contributed by atoms with Gasteiger partial charge in [0.2, 0.25) is 5.95 Å². The van der Waals surface area contributed by atoms with Gasteiger partial charge in [0.25, 0.3) is 0 Å². The topological polar surface area (TPSA) is 70.3 Å². The van der Waals surface area contributed by atoms with Gasteiger partial charge in [-0.25, -0.2) is 9.97 Å². The lowest BCUT2D eigenvalue weighted by molar-refractivity contribution is 0.287. The summed E-state index contributed by atoms with van der Waals surface area (Å²) in [7, 11) is 1.61. The molecule has 0 fully saturated rings. The molecule has 0 radical (unpaired) electrons. The third kappa shape index (κ3) is 4.42. The molecule has 1 heterocycles. The molecule has 0 aliphatic heterocycles. The van der Waals surface area contributed by atoms with E-state index in [2.05, 4.69) is 15.9 Å². The van der Waals surface area contributed by atoms with Crippen LogP contribution in [0.15, 0.2) is 36.4 Å². The zero-order chi connectivity index (χ0) is 19.2. The predicted molar refractivity (Wildman–Crippen MR) is 109 cm³/mol. The monoisotopic (exact) mass is 381 g/mol. The van der Waals surface area contributed by atoms with Gasteiger partial charge in [-0.2, -0.15) is 0 Å². The minimum atomic E-state index is 0.201. The highest BCUT2D eigenvalue weighted by molar-refractivity contribution is 6.31. The van der Waals surface area contributed by atoms with E-state index in [9.17, 15) is 0 Å². The van der Waals surface area contributed by atoms with Crippen molar-refractivity contribution < 1.29 is 9.47 Å². The van der Waals surface area contributed by atoms with Crippen LogP contribution in [0.3, 0.4) is 0 Å². The highest BCUT2D eigenvalue weighted by atomic mass is 35.5. The highest BCUT2D eigenvalue weighted by Crippen LogP contribution is 2.35. The van der Waals surface area contributed by atoms with E-state index in [1.807, 2.05) is 30.3 Å². The van der Waals surface area contributed by atoms with E-state index in [1.165, 1.54) is 0 Å². The van der Waals surface area contributed by atoms with Crippen molar-refractivity contribution in [3.8, 4) is 35.1 Å². The van der Waals surface area contributed by atoms with Gasteiger partial charge >= 0.3 is 0 Å². The van der Waals surface area contributed by atoms with E-state index in [-0.39, 0.29) is 5.95 Å². The van der Waals surface area contributed by atoms with Gasteiger partial charge in [0, 0.05) is 22.4 Å². The number of anilines is 1. The summed E-state index contributed by atoms with van der Waals surface area (Å²) in [5.74, 6) is 4.13. The van der Waals surface area contributed by atoms with Crippen LogP contribution in [0, 0.1) is 12.3 Å². The van der Waals surface area contributed by atoms with Crippen molar-refractivity contribution in [1.82, 2.24) is 9.97 Å². The average molecular weight is 382 g/mol. The molecule has 0 bridgehead atoms. The Morgan fingerprint density at radius 3 is 2.74 bits per heavy atom. The van der Waals surface area contributed by atoms with E-state index in [0.29, 0.717) is 28.8 Å². The standard InChI is InChI=1S/C21H20ClN3O2/c1-3-4-5-6-11-27-19-12-14(7-10-18(19)26-2)20-16-13-15(22)8-9-17(16)24-21(23)25-20/h1,7-10,12-13H,4-6,11H2,2H3,(H2,23,24,25). The maximum absolute atomic E-state index is 6.16. The molecule has 0 atom stereocenters. The smallest absolute Gasteiger partial charge is 0.221 e. The fraction of sp³-hybridized carbons (Fsp3) is 0.238. The van der Waals surface area contributed by atoms with Crippen molar-refractivity contribution in [1.29, 1.82) is 0 Å².